The van der Waals surface area contributed by atoms with E-state index >= 15 is 0 Å². The number of carbonyl (C=O) groups excluding carboxylic acids is 1. The van der Waals surface area contributed by atoms with Crippen LogP contribution in [0.4, 0.5) is 5.69 Å². The SMILES string of the molecule is CNc1ccc(C(=O)N2CCCC2)cc1C. The van der Waals surface area contributed by atoms with Gasteiger partial charge in [0.05, 0.1) is 0 Å². The number of hydrogen-bond acceptors (Lipinski definition) is 2. The van der Waals surface area contributed by atoms with Crippen molar-refractivity contribution in [3.8, 4) is 0 Å². The van der Waals surface area contributed by atoms with Crippen LogP contribution in [0.5, 0.6) is 0 Å². The molecule has 1 aromatic rings. The second kappa shape index (κ2) is 4.56. The van der Waals surface area contributed by atoms with E-state index in [1.54, 1.807) is 0 Å². The number of nitrogens with zero attached hydrogens (tertiary/aromatic N) is 1. The first kappa shape index (κ1) is 11.0. The van der Waals surface area contributed by atoms with Gasteiger partial charge in [0.25, 0.3) is 5.91 Å². The third-order valence-electron chi connectivity index (χ3n) is 3.14. The van der Waals surface area contributed by atoms with Gasteiger partial charge in [0.15, 0.2) is 0 Å². The number of likely N-dealkylation sites (tertiary alicyclic amines) is 1. The average Bonchev–Trinajstić information content (AvgIpc) is 2.81. The zero-order valence-corrected chi connectivity index (χ0v) is 9.92. The predicted molar refractivity (Wildman–Crippen MR) is 65.9 cm³/mol. The Balaban J connectivity index is 2.20. The molecule has 0 unspecified atom stereocenters. The van der Waals surface area contributed by atoms with Crippen molar-refractivity contribution in [2.75, 3.05) is 25.5 Å². The number of benzene rings is 1. The summed E-state index contributed by atoms with van der Waals surface area (Å²) in [4.78, 5) is 14.0. The molecule has 2 rings (SSSR count). The second-order valence-corrected chi connectivity index (χ2v) is 4.28. The van der Waals surface area contributed by atoms with Gasteiger partial charge in [-0.1, -0.05) is 0 Å². The van der Waals surface area contributed by atoms with Gasteiger partial charge in [-0.05, 0) is 43.5 Å². The van der Waals surface area contributed by atoms with Crippen molar-refractivity contribution in [2.24, 2.45) is 0 Å². The van der Waals surface area contributed by atoms with Crippen LogP contribution in [-0.4, -0.2) is 30.9 Å². The molecule has 0 radical (unpaired) electrons. The van der Waals surface area contributed by atoms with Crippen LogP contribution in [0.25, 0.3) is 0 Å². The first-order chi connectivity index (χ1) is 7.72. The minimum Gasteiger partial charge on any atom is -0.388 e. The molecule has 1 saturated heterocycles. The molecule has 16 heavy (non-hydrogen) atoms. The van der Waals surface area contributed by atoms with Gasteiger partial charge >= 0.3 is 0 Å². The van der Waals surface area contributed by atoms with Gasteiger partial charge in [-0.15, -0.1) is 0 Å². The van der Waals surface area contributed by atoms with E-state index in [1.165, 1.54) is 0 Å². The molecule has 86 valence electrons. The highest BCUT2D eigenvalue weighted by atomic mass is 16.2. The number of nitrogens with one attached hydrogen (secondary N) is 1. The Labute approximate surface area is 96.5 Å². The molecule has 1 aromatic carbocycles. The summed E-state index contributed by atoms with van der Waals surface area (Å²) in [7, 11) is 1.89. The van der Waals surface area contributed by atoms with Crippen molar-refractivity contribution in [3.63, 3.8) is 0 Å². The molecule has 0 bridgehead atoms. The molecule has 1 aliphatic rings. The standard InChI is InChI=1S/C13H18N2O/c1-10-9-11(5-6-12(10)14-2)13(16)15-7-3-4-8-15/h5-6,9,14H,3-4,7-8H2,1-2H3. The van der Waals surface area contributed by atoms with Gasteiger partial charge in [0.2, 0.25) is 0 Å². The summed E-state index contributed by atoms with van der Waals surface area (Å²) >= 11 is 0. The number of amides is 1. The smallest absolute Gasteiger partial charge is 0.253 e. The number of rotatable bonds is 2. The molecule has 1 amide bonds. The molecule has 0 atom stereocenters. The highest BCUT2D eigenvalue weighted by Crippen LogP contribution is 2.18. The summed E-state index contributed by atoms with van der Waals surface area (Å²) in [5.74, 6) is 0.170. The third kappa shape index (κ3) is 2.03. The Kier molecular flexibility index (Phi) is 3.13. The second-order valence-electron chi connectivity index (χ2n) is 4.28. The van der Waals surface area contributed by atoms with Crippen LogP contribution >= 0.6 is 0 Å². The summed E-state index contributed by atoms with van der Waals surface area (Å²) in [6.07, 6.45) is 2.28. The first-order valence-electron chi connectivity index (χ1n) is 5.80. The van der Waals surface area contributed by atoms with E-state index in [9.17, 15) is 4.79 Å². The van der Waals surface area contributed by atoms with Crippen molar-refractivity contribution in [3.05, 3.63) is 29.3 Å². The normalized spacial score (nSPS) is 15.2. The summed E-state index contributed by atoms with van der Waals surface area (Å²) in [6, 6.07) is 5.84. The van der Waals surface area contributed by atoms with Crippen molar-refractivity contribution >= 4 is 11.6 Å². The minimum atomic E-state index is 0.170. The van der Waals surface area contributed by atoms with Gasteiger partial charge in [0, 0.05) is 31.4 Å². The van der Waals surface area contributed by atoms with E-state index in [-0.39, 0.29) is 5.91 Å². The van der Waals surface area contributed by atoms with Gasteiger partial charge in [0.1, 0.15) is 0 Å². The molecule has 0 spiro atoms. The Hall–Kier alpha value is -1.51. The van der Waals surface area contributed by atoms with Crippen LogP contribution in [0.2, 0.25) is 0 Å². The molecule has 1 heterocycles. The maximum Gasteiger partial charge on any atom is 0.253 e. The third-order valence-corrected chi connectivity index (χ3v) is 3.14. The molecule has 1 aliphatic heterocycles. The zero-order chi connectivity index (χ0) is 11.5. The quantitative estimate of drug-likeness (QED) is 0.826. The number of aryl methyl sites for hydroxylation is 1. The molecule has 3 heteroatoms. The van der Waals surface area contributed by atoms with Crippen molar-refractivity contribution < 1.29 is 4.79 Å². The Morgan fingerprint density at radius 1 is 1.31 bits per heavy atom. The predicted octanol–water partition coefficient (Wildman–Crippen LogP) is 2.27. The van der Waals surface area contributed by atoms with E-state index < -0.39 is 0 Å². The largest absolute Gasteiger partial charge is 0.388 e. The fourth-order valence-electron chi connectivity index (χ4n) is 2.18. The molecule has 3 nitrogen and oxygen atoms in total. The lowest BCUT2D eigenvalue weighted by Gasteiger charge is -2.16. The maximum absolute atomic E-state index is 12.1. The topological polar surface area (TPSA) is 32.3 Å². The minimum absolute atomic E-state index is 0.170. The number of anilines is 1. The molecule has 1 fully saturated rings. The molecule has 0 aliphatic carbocycles. The van der Waals surface area contributed by atoms with Crippen molar-refractivity contribution in [1.29, 1.82) is 0 Å². The first-order valence-corrected chi connectivity index (χ1v) is 5.80. The van der Waals surface area contributed by atoms with Crippen molar-refractivity contribution in [1.82, 2.24) is 4.90 Å². The zero-order valence-electron chi connectivity index (χ0n) is 9.92. The average molecular weight is 218 g/mol. The van der Waals surface area contributed by atoms with Crippen LogP contribution in [0.15, 0.2) is 18.2 Å². The lowest BCUT2D eigenvalue weighted by Crippen LogP contribution is -2.27. The summed E-state index contributed by atoms with van der Waals surface area (Å²) < 4.78 is 0. The molecular formula is C13H18N2O. The lowest BCUT2D eigenvalue weighted by atomic mass is 10.1. The molecule has 0 saturated carbocycles. The van der Waals surface area contributed by atoms with E-state index in [4.69, 9.17) is 0 Å². The summed E-state index contributed by atoms with van der Waals surface area (Å²) in [5.41, 5.74) is 3.00. The highest BCUT2D eigenvalue weighted by Gasteiger charge is 2.19. The van der Waals surface area contributed by atoms with E-state index in [0.717, 1.165) is 42.7 Å². The highest BCUT2D eigenvalue weighted by molar-refractivity contribution is 5.95. The van der Waals surface area contributed by atoms with Crippen LogP contribution < -0.4 is 5.32 Å². The molecule has 1 N–H and O–H groups in total. The molecular weight excluding hydrogens is 200 g/mol. The van der Waals surface area contributed by atoms with Gasteiger partial charge in [-0.3, -0.25) is 4.79 Å². The van der Waals surface area contributed by atoms with E-state index in [2.05, 4.69) is 5.32 Å². The van der Waals surface area contributed by atoms with E-state index in [1.807, 2.05) is 37.1 Å². The fourth-order valence-corrected chi connectivity index (χ4v) is 2.18. The van der Waals surface area contributed by atoms with Gasteiger partial charge in [-0.25, -0.2) is 0 Å². The lowest BCUT2D eigenvalue weighted by molar-refractivity contribution is 0.0793. The van der Waals surface area contributed by atoms with Crippen LogP contribution in [0.1, 0.15) is 28.8 Å². The maximum atomic E-state index is 12.1. The summed E-state index contributed by atoms with van der Waals surface area (Å²) in [5, 5.41) is 3.11. The molecule has 0 aromatic heterocycles. The van der Waals surface area contributed by atoms with Gasteiger partial charge < -0.3 is 10.2 Å². The summed E-state index contributed by atoms with van der Waals surface area (Å²) in [6.45, 7) is 3.84. The van der Waals surface area contributed by atoms with Gasteiger partial charge in [-0.2, -0.15) is 0 Å². The number of carbonyl (C=O) groups is 1. The Bertz CT molecular complexity index is 395. The van der Waals surface area contributed by atoms with E-state index in [0.29, 0.717) is 0 Å². The van der Waals surface area contributed by atoms with Crippen LogP contribution in [0.3, 0.4) is 0 Å². The number of hydrogen-bond donors (Lipinski definition) is 1. The van der Waals surface area contributed by atoms with Crippen LogP contribution in [0, 0.1) is 6.92 Å². The Morgan fingerprint density at radius 3 is 2.56 bits per heavy atom. The monoisotopic (exact) mass is 218 g/mol. The fraction of sp³-hybridized carbons (Fsp3) is 0.462. The van der Waals surface area contributed by atoms with Crippen molar-refractivity contribution in [2.45, 2.75) is 19.8 Å². The Morgan fingerprint density at radius 2 is 2.00 bits per heavy atom. The van der Waals surface area contributed by atoms with Crippen LogP contribution in [-0.2, 0) is 0 Å².